The van der Waals surface area contributed by atoms with Crippen LogP contribution in [-0.2, 0) is 20.8 Å². The van der Waals surface area contributed by atoms with Crippen LogP contribution in [0.2, 0.25) is 0 Å². The monoisotopic (exact) mass is 568 g/mol. The minimum Gasteiger partial charge on any atom is -0.488 e. The minimum atomic E-state index is -4.93. The molecule has 1 atom stereocenters. The molecular formula is C20H19F4N3O6PS2+. The van der Waals surface area contributed by atoms with Crippen LogP contribution in [0.4, 0.5) is 17.6 Å². The van der Waals surface area contributed by atoms with Gasteiger partial charge in [0.05, 0.1) is 21.9 Å². The van der Waals surface area contributed by atoms with Crippen molar-refractivity contribution in [3.05, 3.63) is 52.8 Å². The molecule has 0 fully saturated rings. The summed E-state index contributed by atoms with van der Waals surface area (Å²) >= 11 is 0.592. The number of nitrogens with zero attached hydrogens (tertiary/aromatic N) is 1. The molecule has 16 heteroatoms. The molecule has 0 saturated carbocycles. The molecule has 3 aromatic rings. The van der Waals surface area contributed by atoms with Crippen LogP contribution in [0.3, 0.4) is 0 Å². The summed E-state index contributed by atoms with van der Waals surface area (Å²) in [6.07, 6.45) is -6.12. The van der Waals surface area contributed by atoms with Gasteiger partial charge in [0, 0.05) is 11.5 Å². The summed E-state index contributed by atoms with van der Waals surface area (Å²) in [5, 5.41) is 9.09. The molecule has 3 rings (SSSR count). The van der Waals surface area contributed by atoms with Crippen LogP contribution in [-0.4, -0.2) is 32.7 Å². The van der Waals surface area contributed by atoms with E-state index in [2.05, 4.69) is 5.73 Å². The van der Waals surface area contributed by atoms with Crippen molar-refractivity contribution in [2.75, 3.05) is 19.4 Å². The number of ether oxygens (including phenoxy) is 1. The smallest absolute Gasteiger partial charge is 0.417 e. The molecule has 36 heavy (non-hydrogen) atoms. The number of hydrogen-bond acceptors (Lipinski definition) is 7. The second-order valence-corrected chi connectivity index (χ2v) is 12.1. The summed E-state index contributed by atoms with van der Waals surface area (Å²) < 4.78 is 104. The van der Waals surface area contributed by atoms with E-state index < -0.39 is 52.8 Å². The zero-order chi connectivity index (χ0) is 26.9. The first kappa shape index (κ1) is 27.9. The molecule has 1 unspecified atom stereocenters. The van der Waals surface area contributed by atoms with Gasteiger partial charge in [-0.1, -0.05) is 0 Å². The number of benzene rings is 2. The first-order valence-electron chi connectivity index (χ1n) is 9.95. The van der Waals surface area contributed by atoms with E-state index in [1.54, 1.807) is 0 Å². The number of fused-ring (bicyclic) bond motifs is 1. The Balaban J connectivity index is 1.83. The average Bonchev–Trinajstić information content (AvgIpc) is 3.13. The third-order valence-electron chi connectivity index (χ3n) is 4.70. The van der Waals surface area contributed by atoms with Crippen LogP contribution < -0.4 is 19.7 Å². The molecule has 0 aliphatic rings. The number of sulfonamides is 1. The lowest BCUT2D eigenvalue weighted by molar-refractivity contribution is -0.370. The second kappa shape index (κ2) is 10.3. The predicted octanol–water partition coefficient (Wildman–Crippen LogP) is 3.36. The molecule has 1 aromatic heterocycles. The van der Waals surface area contributed by atoms with E-state index in [0.717, 1.165) is 18.2 Å². The minimum absolute atomic E-state index is 0.0237. The number of aryl methyl sites for hydroxylation is 1. The molecule has 0 amide bonds. The molecule has 1 heterocycles. The Hall–Kier alpha value is -2.73. The van der Waals surface area contributed by atoms with E-state index in [-0.39, 0.29) is 32.2 Å². The van der Waals surface area contributed by atoms with Crippen molar-refractivity contribution in [3.63, 3.8) is 0 Å². The molecular weight excluding hydrogens is 549 g/mol. The van der Waals surface area contributed by atoms with Gasteiger partial charge in [0.25, 0.3) is 10.0 Å². The Bertz CT molecular complexity index is 1500. The molecule has 0 radical (unpaired) electrons. The fourth-order valence-electron chi connectivity index (χ4n) is 3.10. The van der Waals surface area contributed by atoms with Crippen LogP contribution in [0.15, 0.2) is 34.5 Å². The fourth-order valence-corrected chi connectivity index (χ4v) is 7.38. The highest BCUT2D eigenvalue weighted by Gasteiger charge is 2.35. The van der Waals surface area contributed by atoms with Gasteiger partial charge in [-0.05, 0) is 36.8 Å². The van der Waals surface area contributed by atoms with E-state index in [9.17, 15) is 35.4 Å². The zero-order valence-corrected chi connectivity index (χ0v) is 21.0. The van der Waals surface area contributed by atoms with Crippen LogP contribution in [0.1, 0.15) is 16.7 Å². The Morgan fingerprint density at radius 2 is 1.94 bits per heavy atom. The maximum absolute atomic E-state index is 14.5. The van der Waals surface area contributed by atoms with Gasteiger partial charge in [-0.2, -0.15) is 23.2 Å². The Morgan fingerprint density at radius 3 is 2.56 bits per heavy atom. The first-order valence-corrected chi connectivity index (χ1v) is 14.0. The highest BCUT2D eigenvalue weighted by Crippen LogP contribution is 2.44. The van der Waals surface area contributed by atoms with E-state index in [1.807, 2.05) is 4.72 Å². The summed E-state index contributed by atoms with van der Waals surface area (Å²) in [6, 6.07) is 5.91. The van der Waals surface area contributed by atoms with Crippen molar-refractivity contribution >= 4 is 39.0 Å². The third kappa shape index (κ3) is 6.15. The maximum atomic E-state index is 14.5. The van der Waals surface area contributed by atoms with Gasteiger partial charge >= 0.3 is 13.8 Å². The standard InChI is InChI=1S/C20H18F4N3O6PS2/c1-11-15-6-14(32-5-4-25)8-17(21)18(15)35-19(11)36(30,31)27-10-34(28,29)33-13-3-2-12(9-26)16(7-13)20(22,23)24/h2-3,6-8,27H,4-5,10,25H2,1H3,(H,28,29)/p+1. The summed E-state index contributed by atoms with van der Waals surface area (Å²) in [4.78, 5) is 10.1. The second-order valence-electron chi connectivity index (χ2n) is 7.35. The topological polar surface area (TPSA) is 153 Å². The molecule has 194 valence electrons. The van der Waals surface area contributed by atoms with Crippen molar-refractivity contribution in [1.29, 1.82) is 5.26 Å². The van der Waals surface area contributed by atoms with E-state index in [0.29, 0.717) is 23.9 Å². The molecule has 0 aliphatic carbocycles. The number of thiophene rings is 1. The molecule has 0 bridgehead atoms. The normalized spacial score (nSPS) is 13.8. The third-order valence-corrected chi connectivity index (χ3v) is 9.30. The zero-order valence-electron chi connectivity index (χ0n) is 18.4. The van der Waals surface area contributed by atoms with Gasteiger partial charge in [0.15, 0.2) is 0 Å². The van der Waals surface area contributed by atoms with Crippen molar-refractivity contribution < 1.29 is 50.4 Å². The Labute approximate surface area is 206 Å². The summed E-state index contributed by atoms with van der Waals surface area (Å²) in [5.74, 6) is -1.24. The van der Waals surface area contributed by atoms with E-state index in [1.165, 1.54) is 19.1 Å². The van der Waals surface area contributed by atoms with Gasteiger partial charge in [-0.15, -0.1) is 11.3 Å². The number of quaternary nitrogens is 1. The molecule has 0 spiro atoms. The predicted molar refractivity (Wildman–Crippen MR) is 122 cm³/mol. The summed E-state index contributed by atoms with van der Waals surface area (Å²) in [7, 11) is -9.29. The van der Waals surface area contributed by atoms with Crippen LogP contribution in [0.5, 0.6) is 11.5 Å². The van der Waals surface area contributed by atoms with E-state index in [4.69, 9.17) is 14.5 Å². The highest BCUT2D eigenvalue weighted by molar-refractivity contribution is 7.92. The maximum Gasteiger partial charge on any atom is 0.417 e. The van der Waals surface area contributed by atoms with Gasteiger partial charge in [-0.3, -0.25) is 0 Å². The van der Waals surface area contributed by atoms with Crippen molar-refractivity contribution in [3.8, 4) is 17.6 Å². The van der Waals surface area contributed by atoms with Gasteiger partial charge < -0.3 is 19.9 Å². The summed E-state index contributed by atoms with van der Waals surface area (Å²) in [6.45, 7) is 2.06. The molecule has 9 nitrogen and oxygen atoms in total. The fraction of sp³-hybridized carbons (Fsp3) is 0.250. The largest absolute Gasteiger partial charge is 0.488 e. The lowest BCUT2D eigenvalue weighted by Gasteiger charge is -2.16. The van der Waals surface area contributed by atoms with Crippen molar-refractivity contribution in [1.82, 2.24) is 4.72 Å². The first-order chi connectivity index (χ1) is 16.7. The number of nitrogens with one attached hydrogen (secondary N) is 1. The van der Waals surface area contributed by atoms with Gasteiger partial charge in [0.1, 0.15) is 41.0 Å². The Morgan fingerprint density at radius 1 is 1.25 bits per heavy atom. The van der Waals surface area contributed by atoms with Crippen LogP contribution >= 0.6 is 18.9 Å². The van der Waals surface area contributed by atoms with Crippen molar-refractivity contribution in [2.24, 2.45) is 0 Å². The lowest BCUT2D eigenvalue weighted by Crippen LogP contribution is -2.52. The molecule has 0 saturated heterocycles. The summed E-state index contributed by atoms with van der Waals surface area (Å²) in [5.41, 5.74) is 1.66. The SMILES string of the molecule is Cc1c(S(=O)(=O)NCP(=O)(O)Oc2ccc(C#N)c(C(F)(F)F)c2)sc2c(F)cc(OCC[NH3+])cc12. The molecule has 0 aliphatic heterocycles. The van der Waals surface area contributed by atoms with Crippen LogP contribution in [0.25, 0.3) is 10.1 Å². The number of rotatable bonds is 9. The Kier molecular flexibility index (Phi) is 7.99. The van der Waals surface area contributed by atoms with Crippen LogP contribution in [0, 0.1) is 24.1 Å². The molecule has 2 aromatic carbocycles. The number of nitriles is 1. The quantitative estimate of drug-likeness (QED) is 0.264. The van der Waals surface area contributed by atoms with Gasteiger partial charge in [-0.25, -0.2) is 17.4 Å². The van der Waals surface area contributed by atoms with E-state index >= 15 is 0 Å². The van der Waals surface area contributed by atoms with Crippen molar-refractivity contribution in [2.45, 2.75) is 17.3 Å². The average molecular weight is 568 g/mol. The lowest BCUT2D eigenvalue weighted by atomic mass is 10.1. The van der Waals surface area contributed by atoms with Gasteiger partial charge in [0.2, 0.25) is 0 Å². The molecule has 5 N–H and O–H groups in total. The highest BCUT2D eigenvalue weighted by atomic mass is 32.2. The number of hydrogen-bond donors (Lipinski definition) is 3. The number of halogens is 4. The number of alkyl halides is 3.